The van der Waals surface area contributed by atoms with E-state index in [1.807, 2.05) is 39.2 Å². The van der Waals surface area contributed by atoms with Gasteiger partial charge in [-0.25, -0.2) is 0 Å². The van der Waals surface area contributed by atoms with E-state index in [4.69, 9.17) is 0 Å². The van der Waals surface area contributed by atoms with E-state index >= 15 is 0 Å². The van der Waals surface area contributed by atoms with Crippen LogP contribution in [-0.4, -0.2) is 25.5 Å². The van der Waals surface area contributed by atoms with Crippen LogP contribution in [0.5, 0.6) is 0 Å². The molecule has 0 N–H and O–H groups in total. The third-order valence-corrected chi connectivity index (χ3v) is 0.823. The molecule has 0 aromatic heterocycles. The third-order valence-electron chi connectivity index (χ3n) is 0.823. The van der Waals surface area contributed by atoms with Crippen LogP contribution in [0.3, 0.4) is 0 Å². The molecule has 0 radical (unpaired) electrons. The minimum absolute atomic E-state index is 0.972. The number of hydrogen-bond donors (Lipinski definition) is 0. The molecule has 0 heterocycles. The van der Waals surface area contributed by atoms with Crippen LogP contribution in [0.2, 0.25) is 0 Å². The van der Waals surface area contributed by atoms with Crippen molar-refractivity contribution in [3.63, 3.8) is 0 Å². The minimum Gasteiger partial charge on any atom is -0.306 e. The quantitative estimate of drug-likeness (QED) is 0.445. The van der Waals surface area contributed by atoms with Gasteiger partial charge in [0.2, 0.25) is 0 Å². The number of likely N-dealkylation sites (N-methyl/N-ethyl adjacent to an activating group) is 1. The Morgan fingerprint density at radius 1 is 1.27 bits per heavy atom. The normalized spacial score (nSPS) is 9.09. The van der Waals surface area contributed by atoms with Gasteiger partial charge in [0, 0.05) is 6.54 Å². The number of hydrogen-bond acceptors (Lipinski definition) is 1. The lowest BCUT2D eigenvalue weighted by Gasteiger charge is -2.01. The number of rotatable bonds is 3. The topological polar surface area (TPSA) is 3.24 Å². The Hall–Kier alpha value is -0.820. The summed E-state index contributed by atoms with van der Waals surface area (Å²) in [6.45, 7) is 9.95. The van der Waals surface area contributed by atoms with Gasteiger partial charge in [-0.05, 0) is 21.0 Å². The number of allylic oxidation sites excluding steroid dienone is 3. The summed E-state index contributed by atoms with van der Waals surface area (Å²) < 4.78 is 0. The van der Waals surface area contributed by atoms with E-state index in [2.05, 4.69) is 18.1 Å². The first-order chi connectivity index (χ1) is 5.18. The van der Waals surface area contributed by atoms with E-state index < -0.39 is 0 Å². The summed E-state index contributed by atoms with van der Waals surface area (Å²) in [5.74, 6) is 0. The first-order valence-electron chi connectivity index (χ1n) is 3.68. The fraction of sp³-hybridized carbons (Fsp3) is 0.400. The van der Waals surface area contributed by atoms with E-state index in [1.54, 1.807) is 6.08 Å². The predicted octanol–water partition coefficient (Wildman–Crippen LogP) is 2.48. The molecule has 0 saturated heterocycles. The van der Waals surface area contributed by atoms with Crippen molar-refractivity contribution >= 4 is 0 Å². The SMILES string of the molecule is C=C/C=C/C.C=CCN(C)C. The largest absolute Gasteiger partial charge is 0.306 e. The Morgan fingerprint density at radius 2 is 1.82 bits per heavy atom. The van der Waals surface area contributed by atoms with Gasteiger partial charge < -0.3 is 4.90 Å². The van der Waals surface area contributed by atoms with Crippen molar-refractivity contribution in [1.82, 2.24) is 4.90 Å². The van der Waals surface area contributed by atoms with Gasteiger partial charge in [-0.1, -0.05) is 30.9 Å². The summed E-state index contributed by atoms with van der Waals surface area (Å²) in [6.07, 6.45) is 7.45. The molecule has 1 heteroatoms. The van der Waals surface area contributed by atoms with Crippen molar-refractivity contribution in [2.75, 3.05) is 20.6 Å². The second-order valence-corrected chi connectivity index (χ2v) is 2.31. The predicted molar refractivity (Wildman–Crippen MR) is 53.8 cm³/mol. The van der Waals surface area contributed by atoms with Gasteiger partial charge in [-0.15, -0.1) is 6.58 Å². The standard InChI is InChI=1S/C5H11N.C5H8/c1-4-5-6(2)3;1-3-5-4-2/h4H,1,5H2,2-3H3;3-5H,1H2,2H3/b;5-4+. The van der Waals surface area contributed by atoms with Gasteiger partial charge >= 0.3 is 0 Å². The Bertz CT molecular complexity index is 112. The Labute approximate surface area is 70.7 Å². The van der Waals surface area contributed by atoms with Crippen molar-refractivity contribution in [2.45, 2.75) is 6.92 Å². The summed E-state index contributed by atoms with van der Waals surface area (Å²) in [5.41, 5.74) is 0. The summed E-state index contributed by atoms with van der Waals surface area (Å²) in [4.78, 5) is 2.06. The zero-order valence-electron chi connectivity index (χ0n) is 7.88. The molecular weight excluding hydrogens is 134 g/mol. The molecule has 0 unspecified atom stereocenters. The molecule has 11 heavy (non-hydrogen) atoms. The van der Waals surface area contributed by atoms with Crippen molar-refractivity contribution in [3.8, 4) is 0 Å². The van der Waals surface area contributed by atoms with Crippen molar-refractivity contribution in [1.29, 1.82) is 0 Å². The maximum atomic E-state index is 3.56. The molecule has 0 saturated carbocycles. The van der Waals surface area contributed by atoms with Crippen LogP contribution in [0.1, 0.15) is 6.92 Å². The van der Waals surface area contributed by atoms with Gasteiger partial charge in [0.15, 0.2) is 0 Å². The second-order valence-electron chi connectivity index (χ2n) is 2.31. The molecule has 0 spiro atoms. The molecule has 0 aliphatic rings. The third kappa shape index (κ3) is 27.1. The van der Waals surface area contributed by atoms with Crippen LogP contribution in [0.25, 0.3) is 0 Å². The van der Waals surface area contributed by atoms with Gasteiger partial charge in [-0.2, -0.15) is 0 Å². The zero-order valence-corrected chi connectivity index (χ0v) is 7.88. The Balaban J connectivity index is 0. The van der Waals surface area contributed by atoms with Gasteiger partial charge in [0.05, 0.1) is 0 Å². The molecule has 0 atom stereocenters. The fourth-order valence-corrected chi connectivity index (χ4v) is 0.394. The van der Waals surface area contributed by atoms with Crippen LogP contribution in [0, 0.1) is 0 Å². The number of nitrogens with zero attached hydrogens (tertiary/aromatic N) is 1. The van der Waals surface area contributed by atoms with Crippen LogP contribution >= 0.6 is 0 Å². The average Bonchev–Trinajstić information content (AvgIpc) is 1.90. The second kappa shape index (κ2) is 11.9. The molecule has 0 aliphatic carbocycles. The smallest absolute Gasteiger partial charge is 0.0154 e. The fourth-order valence-electron chi connectivity index (χ4n) is 0.394. The van der Waals surface area contributed by atoms with Crippen LogP contribution in [0.4, 0.5) is 0 Å². The van der Waals surface area contributed by atoms with E-state index in [-0.39, 0.29) is 0 Å². The summed E-state index contributed by atoms with van der Waals surface area (Å²) >= 11 is 0. The molecular formula is C10H19N. The summed E-state index contributed by atoms with van der Waals surface area (Å²) in [6, 6.07) is 0. The van der Waals surface area contributed by atoms with Crippen LogP contribution in [-0.2, 0) is 0 Å². The molecule has 1 nitrogen and oxygen atoms in total. The molecule has 0 aliphatic heterocycles. The summed E-state index contributed by atoms with van der Waals surface area (Å²) in [5, 5.41) is 0. The van der Waals surface area contributed by atoms with Crippen molar-refractivity contribution < 1.29 is 0 Å². The molecule has 0 aromatic rings. The van der Waals surface area contributed by atoms with Crippen LogP contribution < -0.4 is 0 Å². The lowest BCUT2D eigenvalue weighted by atomic mass is 10.5. The minimum atomic E-state index is 0.972. The maximum Gasteiger partial charge on any atom is 0.0154 e. The Kier molecular flexibility index (Phi) is 13.9. The van der Waals surface area contributed by atoms with Gasteiger partial charge in [0.25, 0.3) is 0 Å². The molecule has 64 valence electrons. The molecule has 0 aromatic carbocycles. The zero-order chi connectivity index (χ0) is 9.11. The van der Waals surface area contributed by atoms with E-state index in [0.29, 0.717) is 0 Å². The van der Waals surface area contributed by atoms with Crippen LogP contribution in [0.15, 0.2) is 37.5 Å². The molecule has 0 rings (SSSR count). The van der Waals surface area contributed by atoms with Crippen molar-refractivity contribution in [3.05, 3.63) is 37.5 Å². The first-order valence-corrected chi connectivity index (χ1v) is 3.68. The molecule has 0 amide bonds. The highest BCUT2D eigenvalue weighted by atomic mass is 15.0. The average molecular weight is 153 g/mol. The van der Waals surface area contributed by atoms with Gasteiger partial charge in [-0.3, -0.25) is 0 Å². The Morgan fingerprint density at radius 3 is 1.82 bits per heavy atom. The lowest BCUT2D eigenvalue weighted by molar-refractivity contribution is 0.457. The molecule has 0 fully saturated rings. The maximum absolute atomic E-state index is 3.56. The highest BCUT2D eigenvalue weighted by Crippen LogP contribution is 1.69. The first kappa shape index (κ1) is 12.8. The van der Waals surface area contributed by atoms with E-state index in [1.165, 1.54) is 0 Å². The van der Waals surface area contributed by atoms with E-state index in [0.717, 1.165) is 6.54 Å². The van der Waals surface area contributed by atoms with Crippen molar-refractivity contribution in [2.24, 2.45) is 0 Å². The molecule has 0 bridgehead atoms. The monoisotopic (exact) mass is 153 g/mol. The summed E-state index contributed by atoms with van der Waals surface area (Å²) in [7, 11) is 4.03. The van der Waals surface area contributed by atoms with Gasteiger partial charge in [0.1, 0.15) is 0 Å². The highest BCUT2D eigenvalue weighted by molar-refractivity contribution is 4.94. The van der Waals surface area contributed by atoms with E-state index in [9.17, 15) is 0 Å². The lowest BCUT2D eigenvalue weighted by Crippen LogP contribution is -2.09. The highest BCUT2D eigenvalue weighted by Gasteiger charge is 1.75.